The number of pyridine rings is 1. The third-order valence-electron chi connectivity index (χ3n) is 2.16. The van der Waals surface area contributed by atoms with E-state index in [0.29, 0.717) is 5.69 Å². The van der Waals surface area contributed by atoms with E-state index in [0.717, 1.165) is 4.90 Å². The van der Waals surface area contributed by atoms with Gasteiger partial charge in [0.05, 0.1) is 0 Å². The largest absolute Gasteiger partial charge is 0.478 e. The van der Waals surface area contributed by atoms with Gasteiger partial charge in [-0.1, -0.05) is 12.7 Å². The molecule has 18 heavy (non-hydrogen) atoms. The number of aryl methyl sites for hydroxylation is 1. The minimum atomic E-state index is -1.15. The van der Waals surface area contributed by atoms with Crippen molar-refractivity contribution in [2.24, 2.45) is 0 Å². The number of hydrogen-bond acceptors (Lipinski definition) is 4. The zero-order valence-electron chi connectivity index (χ0n) is 10.2. The van der Waals surface area contributed by atoms with E-state index in [1.807, 2.05) is 0 Å². The van der Waals surface area contributed by atoms with Gasteiger partial charge in [-0.15, -0.1) is 0 Å². The molecule has 1 aromatic heterocycles. The van der Waals surface area contributed by atoms with Gasteiger partial charge in [-0.2, -0.15) is 0 Å². The zero-order chi connectivity index (χ0) is 13.7. The molecule has 6 heteroatoms. The van der Waals surface area contributed by atoms with Crippen LogP contribution in [0.4, 0.5) is 10.6 Å². The molecule has 6 nitrogen and oxygen atoms in total. The molecule has 0 aliphatic heterocycles. The van der Waals surface area contributed by atoms with Crippen molar-refractivity contribution in [3.63, 3.8) is 0 Å². The maximum atomic E-state index is 11.6. The molecular formula is C12H14N2O4. The fraction of sp³-hybridized carbons (Fsp3) is 0.250. The summed E-state index contributed by atoms with van der Waals surface area (Å²) in [4.78, 5) is 27.7. The van der Waals surface area contributed by atoms with Crippen LogP contribution in [-0.4, -0.2) is 35.8 Å². The lowest BCUT2D eigenvalue weighted by atomic mass is 10.2. The van der Waals surface area contributed by atoms with Crippen molar-refractivity contribution < 1.29 is 19.4 Å². The van der Waals surface area contributed by atoms with Crippen LogP contribution >= 0.6 is 0 Å². The van der Waals surface area contributed by atoms with Gasteiger partial charge in [0.15, 0.2) is 5.82 Å². The highest BCUT2D eigenvalue weighted by Gasteiger charge is 2.20. The van der Waals surface area contributed by atoms with Crippen LogP contribution in [0.15, 0.2) is 24.8 Å². The number of anilines is 1. The van der Waals surface area contributed by atoms with Crippen LogP contribution in [0.25, 0.3) is 0 Å². The monoisotopic (exact) mass is 250 g/mol. The van der Waals surface area contributed by atoms with Crippen LogP contribution in [0.2, 0.25) is 0 Å². The molecule has 1 N–H and O–H groups in total. The first-order chi connectivity index (χ1) is 8.47. The molecule has 0 radical (unpaired) electrons. The van der Waals surface area contributed by atoms with Gasteiger partial charge >= 0.3 is 12.1 Å². The summed E-state index contributed by atoms with van der Waals surface area (Å²) in [6.07, 6.45) is 0.739. The van der Waals surface area contributed by atoms with Crippen molar-refractivity contribution in [3.8, 4) is 0 Å². The number of carbonyl (C=O) groups excluding carboxylic acids is 1. The van der Waals surface area contributed by atoms with Gasteiger partial charge in [-0.05, 0) is 19.1 Å². The summed E-state index contributed by atoms with van der Waals surface area (Å²) < 4.78 is 4.82. The van der Waals surface area contributed by atoms with Crippen LogP contribution in [0, 0.1) is 6.92 Å². The first-order valence-corrected chi connectivity index (χ1v) is 5.19. The van der Waals surface area contributed by atoms with E-state index in [1.165, 1.54) is 19.2 Å². The Hall–Kier alpha value is -2.37. The standard InChI is InChI=1S/C12H14N2O4/c1-4-7-18-12(17)14(3)10-9(11(15)16)6-5-8(2)13-10/h4-6H,1,7H2,2-3H3,(H,15,16). The number of carbonyl (C=O) groups is 2. The summed E-state index contributed by atoms with van der Waals surface area (Å²) in [6, 6.07) is 2.97. The lowest BCUT2D eigenvalue weighted by Gasteiger charge is -2.17. The van der Waals surface area contributed by atoms with Crippen LogP contribution in [-0.2, 0) is 4.74 Å². The highest BCUT2D eigenvalue weighted by atomic mass is 16.6. The van der Waals surface area contributed by atoms with E-state index in [4.69, 9.17) is 9.84 Å². The summed E-state index contributed by atoms with van der Waals surface area (Å²) in [6.45, 7) is 5.18. The van der Waals surface area contributed by atoms with Crippen molar-refractivity contribution in [2.45, 2.75) is 6.92 Å². The smallest absolute Gasteiger partial charge is 0.415 e. The summed E-state index contributed by atoms with van der Waals surface area (Å²) in [5.74, 6) is -1.10. The van der Waals surface area contributed by atoms with Crippen LogP contribution < -0.4 is 4.90 Å². The second kappa shape index (κ2) is 5.81. The van der Waals surface area contributed by atoms with E-state index < -0.39 is 12.1 Å². The molecule has 0 aliphatic rings. The van der Waals surface area contributed by atoms with Gasteiger partial charge in [0.1, 0.15) is 12.2 Å². The lowest BCUT2D eigenvalue weighted by molar-refractivity contribution is 0.0697. The Kier molecular flexibility index (Phi) is 4.42. The number of rotatable bonds is 4. The number of ether oxygens (including phenoxy) is 1. The average Bonchev–Trinajstić information content (AvgIpc) is 2.34. The van der Waals surface area contributed by atoms with Crippen molar-refractivity contribution in [2.75, 3.05) is 18.6 Å². The predicted octanol–water partition coefficient (Wildman–Crippen LogP) is 1.85. The molecule has 0 spiro atoms. The normalized spacial score (nSPS) is 9.67. The molecule has 0 atom stereocenters. The third-order valence-corrected chi connectivity index (χ3v) is 2.16. The highest BCUT2D eigenvalue weighted by molar-refractivity contribution is 5.98. The second-order valence-electron chi connectivity index (χ2n) is 3.55. The van der Waals surface area contributed by atoms with Gasteiger partial charge in [-0.3, -0.25) is 4.90 Å². The maximum Gasteiger partial charge on any atom is 0.415 e. The van der Waals surface area contributed by atoms with E-state index in [2.05, 4.69) is 11.6 Å². The second-order valence-corrected chi connectivity index (χ2v) is 3.55. The summed E-state index contributed by atoms with van der Waals surface area (Å²) in [5.41, 5.74) is 0.553. The minimum Gasteiger partial charge on any atom is -0.478 e. The van der Waals surface area contributed by atoms with E-state index >= 15 is 0 Å². The number of hydrogen-bond donors (Lipinski definition) is 1. The number of aromatic nitrogens is 1. The molecule has 0 aromatic carbocycles. The van der Waals surface area contributed by atoms with Crippen molar-refractivity contribution in [1.29, 1.82) is 0 Å². The summed E-state index contributed by atoms with van der Waals surface area (Å²) in [5, 5.41) is 9.03. The third kappa shape index (κ3) is 3.07. The number of amides is 1. The number of carboxylic acid groups (broad SMARTS) is 1. The van der Waals surface area contributed by atoms with E-state index in [1.54, 1.807) is 13.0 Å². The van der Waals surface area contributed by atoms with Crippen LogP contribution in [0.1, 0.15) is 16.1 Å². The minimum absolute atomic E-state index is 0.0524. The summed E-state index contributed by atoms with van der Waals surface area (Å²) >= 11 is 0. The number of carboxylic acids is 1. The van der Waals surface area contributed by atoms with Gasteiger partial charge in [0.25, 0.3) is 0 Å². The fourth-order valence-electron chi connectivity index (χ4n) is 1.28. The fourth-order valence-corrected chi connectivity index (χ4v) is 1.28. The molecule has 0 saturated heterocycles. The molecule has 1 heterocycles. The predicted molar refractivity (Wildman–Crippen MR) is 65.9 cm³/mol. The van der Waals surface area contributed by atoms with Crippen molar-refractivity contribution in [3.05, 3.63) is 36.0 Å². The molecule has 0 bridgehead atoms. The Morgan fingerprint density at radius 3 is 2.78 bits per heavy atom. The van der Waals surface area contributed by atoms with Gasteiger partial charge in [0, 0.05) is 12.7 Å². The molecule has 0 aliphatic carbocycles. The Bertz CT molecular complexity index is 485. The van der Waals surface area contributed by atoms with E-state index in [-0.39, 0.29) is 18.0 Å². The van der Waals surface area contributed by atoms with Crippen molar-refractivity contribution in [1.82, 2.24) is 4.98 Å². The highest BCUT2D eigenvalue weighted by Crippen LogP contribution is 2.18. The summed E-state index contributed by atoms with van der Waals surface area (Å²) in [7, 11) is 1.40. The Morgan fingerprint density at radius 1 is 1.56 bits per heavy atom. The van der Waals surface area contributed by atoms with Gasteiger partial charge in [0.2, 0.25) is 0 Å². The molecule has 0 fully saturated rings. The topological polar surface area (TPSA) is 79.7 Å². The van der Waals surface area contributed by atoms with Gasteiger partial charge in [-0.25, -0.2) is 14.6 Å². The number of nitrogens with zero attached hydrogens (tertiary/aromatic N) is 2. The maximum absolute atomic E-state index is 11.6. The van der Waals surface area contributed by atoms with Crippen molar-refractivity contribution >= 4 is 17.9 Å². The molecule has 96 valence electrons. The zero-order valence-corrected chi connectivity index (χ0v) is 10.2. The lowest BCUT2D eigenvalue weighted by Crippen LogP contribution is -2.29. The quantitative estimate of drug-likeness (QED) is 0.825. The van der Waals surface area contributed by atoms with Gasteiger partial charge < -0.3 is 9.84 Å². The first kappa shape index (κ1) is 13.7. The van der Waals surface area contributed by atoms with E-state index in [9.17, 15) is 9.59 Å². The molecule has 0 saturated carbocycles. The first-order valence-electron chi connectivity index (χ1n) is 5.19. The average molecular weight is 250 g/mol. The molecule has 1 aromatic rings. The Morgan fingerprint density at radius 2 is 2.22 bits per heavy atom. The Labute approximate surface area is 105 Å². The SMILES string of the molecule is C=CCOC(=O)N(C)c1nc(C)ccc1C(=O)O. The van der Waals surface area contributed by atoms with Crippen LogP contribution in [0.3, 0.4) is 0 Å². The molecule has 0 unspecified atom stereocenters. The Balaban J connectivity index is 3.06. The molecular weight excluding hydrogens is 236 g/mol. The van der Waals surface area contributed by atoms with Crippen LogP contribution in [0.5, 0.6) is 0 Å². The molecule has 1 rings (SSSR count). The number of aromatic carboxylic acids is 1. The molecule has 1 amide bonds.